The number of methoxy groups -OCH3 is 1. The zero-order valence-corrected chi connectivity index (χ0v) is 21.0. The van der Waals surface area contributed by atoms with E-state index >= 15 is 0 Å². The first kappa shape index (κ1) is 29.1. The van der Waals surface area contributed by atoms with E-state index in [0.717, 1.165) is 4.90 Å². The van der Waals surface area contributed by atoms with Gasteiger partial charge in [0, 0.05) is 18.9 Å². The first-order chi connectivity index (χ1) is 16.1. The van der Waals surface area contributed by atoms with E-state index < -0.39 is 69.4 Å². The van der Waals surface area contributed by atoms with E-state index in [0.29, 0.717) is 11.3 Å². The molecule has 1 aliphatic rings. The molecule has 1 amide bonds. The summed E-state index contributed by atoms with van der Waals surface area (Å²) in [7, 11) is -2.36. The van der Waals surface area contributed by atoms with Crippen molar-refractivity contribution >= 4 is 21.5 Å². The van der Waals surface area contributed by atoms with Crippen molar-refractivity contribution in [3.05, 3.63) is 29.8 Å². The number of benzene rings is 1. The molecule has 2 rings (SSSR count). The van der Waals surface area contributed by atoms with Crippen molar-refractivity contribution in [2.45, 2.75) is 69.0 Å². The van der Waals surface area contributed by atoms with E-state index in [1.807, 2.05) is 0 Å². The van der Waals surface area contributed by atoms with E-state index in [2.05, 4.69) is 0 Å². The highest BCUT2D eigenvalue weighted by Crippen LogP contribution is 2.34. The number of ether oxygens (including phenoxy) is 1. The summed E-state index contributed by atoms with van der Waals surface area (Å²) in [5, 5.41) is 8.68. The predicted octanol–water partition coefficient (Wildman–Crippen LogP) is 2.08. The first-order valence-electron chi connectivity index (χ1n) is 11.3. The Kier molecular flexibility index (Phi) is 9.34. The number of carbonyl (C=O) groups excluding carboxylic acids is 2. The summed E-state index contributed by atoms with van der Waals surface area (Å²) < 4.78 is 70.7. The number of ketones is 1. The number of carbonyl (C=O) groups is 2. The van der Waals surface area contributed by atoms with Crippen LogP contribution in [0.1, 0.15) is 39.2 Å². The molecular formula is C23H33F3N2O6S. The Morgan fingerprint density at radius 3 is 2.23 bits per heavy atom. The van der Waals surface area contributed by atoms with E-state index in [-0.39, 0.29) is 18.7 Å². The van der Waals surface area contributed by atoms with Crippen molar-refractivity contribution in [3.63, 3.8) is 0 Å². The fourth-order valence-corrected chi connectivity index (χ4v) is 6.02. The molecule has 1 aromatic carbocycles. The molecule has 1 aromatic rings. The van der Waals surface area contributed by atoms with E-state index in [1.54, 1.807) is 24.3 Å². The highest BCUT2D eigenvalue weighted by atomic mass is 32.2. The highest BCUT2D eigenvalue weighted by Gasteiger charge is 2.49. The molecule has 198 valence electrons. The van der Waals surface area contributed by atoms with Gasteiger partial charge in [-0.1, -0.05) is 26.0 Å². The third kappa shape index (κ3) is 7.17. The smallest absolute Gasteiger partial charge is 0.414 e. The van der Waals surface area contributed by atoms with Gasteiger partial charge in [-0.2, -0.15) is 13.2 Å². The first-order valence-corrected chi connectivity index (χ1v) is 13.0. The van der Waals surface area contributed by atoms with E-state index in [1.165, 1.54) is 27.9 Å². The molecule has 0 aliphatic carbocycles. The molecule has 0 radical (unpaired) electrons. The largest absolute Gasteiger partial charge is 0.497 e. The summed E-state index contributed by atoms with van der Waals surface area (Å²) in [5.41, 5.74) is 6.17. The molecule has 3 N–H and O–H groups in total. The number of nitrogens with zero attached hydrogens (tertiary/aromatic N) is 1. The van der Waals surface area contributed by atoms with Crippen LogP contribution in [0.15, 0.2) is 24.3 Å². The average Bonchev–Trinajstić information content (AvgIpc) is 3.22. The second-order valence-electron chi connectivity index (χ2n) is 9.37. The number of aliphatic hydroxyl groups excluding tert-OH is 1. The standard InChI is InChI=1S/C23H33F3N2O6S/c1-13(2)18(21(30)23(24,25)26)10-20(29)19-9-17(11-28(19)22(31)14(3)27)35(32,33)12-15-5-7-16(34-4)8-6-15/h5-8,13-14,17-19,21,30H,9-12,27H2,1-4H3/t14-,17+,18-,19-,21-/m0/s1. The van der Waals surface area contributed by atoms with Crippen molar-refractivity contribution in [1.29, 1.82) is 0 Å². The highest BCUT2D eigenvalue weighted by molar-refractivity contribution is 7.91. The van der Waals surface area contributed by atoms with Crippen LogP contribution in [-0.4, -0.2) is 73.4 Å². The van der Waals surface area contributed by atoms with Crippen LogP contribution in [-0.2, 0) is 25.2 Å². The van der Waals surface area contributed by atoms with Crippen LogP contribution < -0.4 is 10.5 Å². The Morgan fingerprint density at radius 2 is 1.77 bits per heavy atom. The second kappa shape index (κ2) is 11.3. The lowest BCUT2D eigenvalue weighted by Crippen LogP contribution is -2.49. The van der Waals surface area contributed by atoms with Gasteiger partial charge in [0.25, 0.3) is 0 Å². The number of Topliss-reactive ketones (excluding diaryl/α,β-unsaturated/α-hetero) is 1. The Hall–Kier alpha value is -2.18. The van der Waals surface area contributed by atoms with E-state index in [9.17, 15) is 36.3 Å². The lowest BCUT2D eigenvalue weighted by molar-refractivity contribution is -0.224. The maximum Gasteiger partial charge on any atom is 0.414 e. The third-order valence-electron chi connectivity index (χ3n) is 6.38. The summed E-state index contributed by atoms with van der Waals surface area (Å²) in [5.74, 6) is -3.32. The number of hydrogen-bond donors (Lipinski definition) is 2. The normalized spacial score (nSPS) is 21.6. The summed E-state index contributed by atoms with van der Waals surface area (Å²) >= 11 is 0. The molecular weight excluding hydrogens is 489 g/mol. The Morgan fingerprint density at radius 1 is 1.20 bits per heavy atom. The summed E-state index contributed by atoms with van der Waals surface area (Å²) in [4.78, 5) is 26.8. The van der Waals surface area contributed by atoms with Crippen molar-refractivity contribution in [2.24, 2.45) is 17.6 Å². The molecule has 0 unspecified atom stereocenters. The number of halogens is 3. The van der Waals surface area contributed by atoms with Gasteiger partial charge in [0.2, 0.25) is 5.91 Å². The number of likely N-dealkylation sites (tertiary alicyclic amines) is 1. The van der Waals surface area contributed by atoms with Crippen molar-refractivity contribution in [2.75, 3.05) is 13.7 Å². The third-order valence-corrected chi connectivity index (χ3v) is 8.47. The van der Waals surface area contributed by atoms with Crippen LogP contribution in [0.3, 0.4) is 0 Å². The molecule has 0 spiro atoms. The van der Waals surface area contributed by atoms with Crippen LogP contribution >= 0.6 is 0 Å². The van der Waals surface area contributed by atoms with Gasteiger partial charge in [-0.25, -0.2) is 8.42 Å². The van der Waals surface area contributed by atoms with Crippen LogP contribution in [0.5, 0.6) is 5.75 Å². The molecule has 35 heavy (non-hydrogen) atoms. The van der Waals surface area contributed by atoms with Gasteiger partial charge < -0.3 is 20.5 Å². The predicted molar refractivity (Wildman–Crippen MR) is 123 cm³/mol. The number of alkyl halides is 3. The van der Waals surface area contributed by atoms with Gasteiger partial charge in [0.1, 0.15) is 5.75 Å². The molecule has 12 heteroatoms. The lowest BCUT2D eigenvalue weighted by atomic mass is 9.84. The van der Waals surface area contributed by atoms with Crippen LogP contribution in [0.4, 0.5) is 13.2 Å². The molecule has 5 atom stereocenters. The minimum Gasteiger partial charge on any atom is -0.497 e. The monoisotopic (exact) mass is 522 g/mol. The van der Waals surface area contributed by atoms with Crippen molar-refractivity contribution in [3.8, 4) is 5.75 Å². The summed E-state index contributed by atoms with van der Waals surface area (Å²) in [6.07, 6.45) is -8.55. The van der Waals surface area contributed by atoms with Crippen LogP contribution in [0, 0.1) is 11.8 Å². The van der Waals surface area contributed by atoms with Crippen molar-refractivity contribution < 1.29 is 41.0 Å². The zero-order valence-electron chi connectivity index (χ0n) is 20.2. The molecule has 8 nitrogen and oxygen atoms in total. The molecule has 0 aromatic heterocycles. The minimum absolute atomic E-state index is 0.247. The van der Waals surface area contributed by atoms with Crippen LogP contribution in [0.2, 0.25) is 0 Å². The van der Waals surface area contributed by atoms with Crippen molar-refractivity contribution in [1.82, 2.24) is 4.90 Å². The topological polar surface area (TPSA) is 127 Å². The number of sulfone groups is 1. The Labute approximate surface area is 203 Å². The Balaban J connectivity index is 2.28. The molecule has 1 aliphatic heterocycles. The number of amides is 1. The van der Waals surface area contributed by atoms with Crippen LogP contribution in [0.25, 0.3) is 0 Å². The van der Waals surface area contributed by atoms with Gasteiger partial charge in [-0.3, -0.25) is 9.59 Å². The lowest BCUT2D eigenvalue weighted by Gasteiger charge is -2.30. The van der Waals surface area contributed by atoms with Gasteiger partial charge in [0.05, 0.1) is 30.2 Å². The van der Waals surface area contributed by atoms with Gasteiger partial charge in [-0.15, -0.1) is 0 Å². The van der Waals surface area contributed by atoms with E-state index in [4.69, 9.17) is 10.5 Å². The average molecular weight is 523 g/mol. The minimum atomic E-state index is -4.92. The second-order valence-corrected chi connectivity index (χ2v) is 11.7. The fraction of sp³-hybridized carbons (Fsp3) is 0.652. The number of rotatable bonds is 10. The molecule has 1 fully saturated rings. The Bertz CT molecular complexity index is 996. The summed E-state index contributed by atoms with van der Waals surface area (Å²) in [6.45, 7) is 4.00. The quantitative estimate of drug-likeness (QED) is 0.482. The molecule has 0 saturated carbocycles. The van der Waals surface area contributed by atoms with Gasteiger partial charge in [-0.05, 0) is 37.0 Å². The fourth-order valence-electron chi connectivity index (χ4n) is 4.26. The summed E-state index contributed by atoms with van der Waals surface area (Å²) in [6, 6.07) is 4.11. The number of nitrogens with two attached hydrogens (primary N) is 1. The molecule has 0 bridgehead atoms. The molecule has 1 heterocycles. The number of aliphatic hydroxyl groups is 1. The SMILES string of the molecule is COc1ccc(CS(=O)(=O)[C@@H]2C[C@@H](C(=O)C[C@@H](C(C)C)[C@H](O)C(F)(F)F)N(C(=O)[C@H](C)N)C2)cc1. The number of hydrogen-bond acceptors (Lipinski definition) is 7. The maximum absolute atomic E-state index is 13.1. The maximum atomic E-state index is 13.1. The molecule has 1 saturated heterocycles. The van der Waals surface area contributed by atoms with Gasteiger partial charge >= 0.3 is 6.18 Å². The van der Waals surface area contributed by atoms with Gasteiger partial charge in [0.15, 0.2) is 21.7 Å². The zero-order chi connectivity index (χ0) is 26.7.